The molecule has 3 N–H and O–H groups in total. The minimum atomic E-state index is -0.862. The van der Waals surface area contributed by atoms with E-state index >= 15 is 0 Å². The molecular formula is C30H28N4O4. The molecule has 0 bridgehead atoms. The number of nitrogens with zero attached hydrogens (tertiary/aromatic N) is 3. The Kier molecular flexibility index (Phi) is 5.88. The Morgan fingerprint density at radius 3 is 2.24 bits per heavy atom. The summed E-state index contributed by atoms with van der Waals surface area (Å²) in [5, 5.41) is 22.1. The first-order valence-corrected chi connectivity index (χ1v) is 12.6. The van der Waals surface area contributed by atoms with Crippen LogP contribution in [0.5, 0.6) is 5.75 Å². The number of phenols is 1. The van der Waals surface area contributed by atoms with E-state index in [1.807, 2.05) is 48.5 Å². The Labute approximate surface area is 220 Å². The zero-order valence-electron chi connectivity index (χ0n) is 21.0. The second kappa shape index (κ2) is 9.39. The number of piperazine rings is 1. The van der Waals surface area contributed by atoms with Gasteiger partial charge in [-0.3, -0.25) is 14.5 Å². The highest BCUT2D eigenvalue weighted by Gasteiger charge is 2.47. The third-order valence-corrected chi connectivity index (χ3v) is 7.49. The number of carbonyl (C=O) groups excluding carboxylic acids is 2. The largest absolute Gasteiger partial charge is 0.508 e. The van der Waals surface area contributed by atoms with Gasteiger partial charge >= 0.3 is 0 Å². The predicted octanol–water partition coefficient (Wildman–Crippen LogP) is 4.25. The number of fused-ring (bicyclic) bond motifs is 1. The summed E-state index contributed by atoms with van der Waals surface area (Å²) in [7, 11) is 2.11. The molecule has 1 amide bonds. The fourth-order valence-electron chi connectivity index (χ4n) is 5.37. The first-order valence-electron chi connectivity index (χ1n) is 12.6. The van der Waals surface area contributed by atoms with Crippen molar-refractivity contribution in [3.8, 4) is 5.75 Å². The van der Waals surface area contributed by atoms with Crippen LogP contribution in [-0.4, -0.2) is 65.0 Å². The van der Waals surface area contributed by atoms with Crippen LogP contribution in [0, 0.1) is 0 Å². The number of Topliss-reactive ketones (excluding diaryl/α,β-unsaturated/α-hetero) is 1. The maximum atomic E-state index is 13.5. The number of ketones is 1. The molecule has 2 aliphatic rings. The van der Waals surface area contributed by atoms with Gasteiger partial charge in [0.05, 0.1) is 11.6 Å². The lowest BCUT2D eigenvalue weighted by Gasteiger charge is -2.34. The Balaban J connectivity index is 1.45. The SMILES string of the molecule is CN1CCN(c2ccc(N3C(=O)C(=O)/C(=C(\O)c4c[nH]c5ccccc45)C3c3ccc(O)cc3)cc2)CC1. The maximum Gasteiger partial charge on any atom is 0.300 e. The maximum absolute atomic E-state index is 13.5. The van der Waals surface area contributed by atoms with Gasteiger partial charge in [0.25, 0.3) is 11.7 Å². The third-order valence-electron chi connectivity index (χ3n) is 7.49. The number of aromatic nitrogens is 1. The van der Waals surface area contributed by atoms with Gasteiger partial charge in [-0.1, -0.05) is 30.3 Å². The summed E-state index contributed by atoms with van der Waals surface area (Å²) in [5.41, 5.74) is 3.48. The molecule has 1 unspecified atom stereocenters. The normalized spacial score (nSPS) is 20.0. The van der Waals surface area contributed by atoms with Crippen LogP contribution in [0.1, 0.15) is 17.2 Å². The Hall–Kier alpha value is -4.56. The molecule has 0 spiro atoms. The van der Waals surface area contributed by atoms with Crippen LogP contribution in [0.3, 0.4) is 0 Å². The van der Waals surface area contributed by atoms with Gasteiger partial charge in [-0.05, 0) is 55.1 Å². The fraction of sp³-hybridized carbons (Fsp3) is 0.200. The number of para-hydroxylation sites is 1. The quantitative estimate of drug-likeness (QED) is 0.217. The van der Waals surface area contributed by atoms with Gasteiger partial charge in [-0.2, -0.15) is 0 Å². The Morgan fingerprint density at radius 1 is 0.868 bits per heavy atom. The Bertz CT molecular complexity index is 1550. The van der Waals surface area contributed by atoms with Crippen molar-refractivity contribution in [1.29, 1.82) is 0 Å². The van der Waals surface area contributed by atoms with E-state index in [-0.39, 0.29) is 17.1 Å². The number of phenolic OH excluding ortho intramolecular Hbond substituents is 1. The molecule has 3 heterocycles. The number of aliphatic hydroxyl groups is 1. The van der Waals surface area contributed by atoms with Crippen molar-refractivity contribution in [2.24, 2.45) is 0 Å². The van der Waals surface area contributed by atoms with Crippen molar-refractivity contribution in [3.05, 3.63) is 95.7 Å². The standard InChI is InChI=1S/C30H28N4O4/c1-32-14-16-33(17-15-32)20-8-10-21(11-9-20)34-27(19-6-12-22(35)13-7-19)26(29(37)30(34)38)28(36)24-18-31-25-5-3-2-4-23(24)25/h2-13,18,27,31,35-36H,14-17H2,1H3/b28-26-. The van der Waals surface area contributed by atoms with Crippen molar-refractivity contribution in [3.63, 3.8) is 0 Å². The number of hydrogen-bond acceptors (Lipinski definition) is 6. The molecule has 3 aromatic carbocycles. The summed E-state index contributed by atoms with van der Waals surface area (Å²) >= 11 is 0. The van der Waals surface area contributed by atoms with E-state index < -0.39 is 17.7 Å². The van der Waals surface area contributed by atoms with E-state index in [0.717, 1.165) is 42.8 Å². The number of anilines is 2. The molecule has 2 fully saturated rings. The lowest BCUT2D eigenvalue weighted by atomic mass is 9.95. The summed E-state index contributed by atoms with van der Waals surface area (Å²) in [5.74, 6) is -1.64. The second-order valence-electron chi connectivity index (χ2n) is 9.82. The van der Waals surface area contributed by atoms with Crippen LogP contribution in [0.25, 0.3) is 16.7 Å². The minimum absolute atomic E-state index is 0.00795. The number of aromatic amines is 1. The molecule has 0 saturated carbocycles. The molecule has 38 heavy (non-hydrogen) atoms. The van der Waals surface area contributed by atoms with Gasteiger partial charge in [0.1, 0.15) is 11.5 Å². The number of hydrogen-bond donors (Lipinski definition) is 3. The summed E-state index contributed by atoms with van der Waals surface area (Å²) in [4.78, 5) is 36.1. The summed E-state index contributed by atoms with van der Waals surface area (Å²) in [6.07, 6.45) is 1.64. The van der Waals surface area contributed by atoms with E-state index in [1.165, 1.54) is 17.0 Å². The van der Waals surface area contributed by atoms with Crippen LogP contribution >= 0.6 is 0 Å². The molecule has 1 aromatic heterocycles. The smallest absolute Gasteiger partial charge is 0.300 e. The van der Waals surface area contributed by atoms with E-state index in [4.69, 9.17) is 0 Å². The molecule has 192 valence electrons. The van der Waals surface area contributed by atoms with Gasteiger partial charge in [-0.15, -0.1) is 0 Å². The number of aliphatic hydroxyl groups excluding tert-OH is 1. The van der Waals surface area contributed by atoms with Gasteiger partial charge in [-0.25, -0.2) is 0 Å². The number of aromatic hydroxyl groups is 1. The molecule has 1 atom stereocenters. The first-order chi connectivity index (χ1) is 18.4. The fourth-order valence-corrected chi connectivity index (χ4v) is 5.37. The van der Waals surface area contributed by atoms with E-state index in [1.54, 1.807) is 18.3 Å². The summed E-state index contributed by atoms with van der Waals surface area (Å²) < 4.78 is 0. The molecule has 2 aliphatic heterocycles. The van der Waals surface area contributed by atoms with Crippen molar-refractivity contribution >= 4 is 39.7 Å². The lowest BCUT2D eigenvalue weighted by Crippen LogP contribution is -2.44. The molecule has 6 rings (SSSR count). The highest BCUT2D eigenvalue weighted by atomic mass is 16.3. The van der Waals surface area contributed by atoms with Crippen molar-refractivity contribution in [2.75, 3.05) is 43.0 Å². The number of H-pyrrole nitrogens is 1. The Morgan fingerprint density at radius 2 is 1.53 bits per heavy atom. The van der Waals surface area contributed by atoms with Crippen LogP contribution in [0.4, 0.5) is 11.4 Å². The second-order valence-corrected chi connectivity index (χ2v) is 9.82. The van der Waals surface area contributed by atoms with Gasteiger partial charge in [0, 0.05) is 60.2 Å². The monoisotopic (exact) mass is 508 g/mol. The number of nitrogens with one attached hydrogen (secondary N) is 1. The average Bonchev–Trinajstić information content (AvgIpc) is 3.48. The van der Waals surface area contributed by atoms with E-state index in [0.29, 0.717) is 16.8 Å². The van der Waals surface area contributed by atoms with Crippen LogP contribution in [0.15, 0.2) is 84.6 Å². The topological polar surface area (TPSA) is 100 Å². The molecule has 0 radical (unpaired) electrons. The third kappa shape index (κ3) is 3.99. The number of carbonyl (C=O) groups is 2. The van der Waals surface area contributed by atoms with Crippen LogP contribution < -0.4 is 9.80 Å². The van der Waals surface area contributed by atoms with Crippen LogP contribution in [0.2, 0.25) is 0 Å². The van der Waals surface area contributed by atoms with Crippen LogP contribution in [-0.2, 0) is 9.59 Å². The highest BCUT2D eigenvalue weighted by molar-refractivity contribution is 6.51. The summed E-state index contributed by atoms with van der Waals surface area (Å²) in [6, 6.07) is 20.6. The van der Waals surface area contributed by atoms with Gasteiger partial charge in [0.15, 0.2) is 0 Å². The zero-order chi connectivity index (χ0) is 26.4. The van der Waals surface area contributed by atoms with E-state index in [9.17, 15) is 19.8 Å². The average molecular weight is 509 g/mol. The number of rotatable bonds is 4. The van der Waals surface area contributed by atoms with Crippen molar-refractivity contribution in [2.45, 2.75) is 6.04 Å². The van der Waals surface area contributed by atoms with Gasteiger partial charge < -0.3 is 25.0 Å². The highest BCUT2D eigenvalue weighted by Crippen LogP contribution is 2.43. The number of likely N-dealkylation sites (N-methyl/N-ethyl adjacent to an activating group) is 1. The number of amides is 1. The minimum Gasteiger partial charge on any atom is -0.508 e. The molecule has 4 aromatic rings. The summed E-state index contributed by atoms with van der Waals surface area (Å²) in [6.45, 7) is 3.78. The molecular weight excluding hydrogens is 480 g/mol. The van der Waals surface area contributed by atoms with Gasteiger partial charge in [0.2, 0.25) is 0 Å². The zero-order valence-corrected chi connectivity index (χ0v) is 21.0. The number of benzene rings is 3. The lowest BCUT2D eigenvalue weighted by molar-refractivity contribution is -0.132. The first kappa shape index (κ1) is 23.8. The molecule has 0 aliphatic carbocycles. The molecule has 8 heteroatoms. The molecule has 8 nitrogen and oxygen atoms in total. The van der Waals surface area contributed by atoms with E-state index in [2.05, 4.69) is 21.8 Å². The predicted molar refractivity (Wildman–Crippen MR) is 147 cm³/mol. The molecule has 2 saturated heterocycles. The van der Waals surface area contributed by atoms with Crippen molar-refractivity contribution < 1.29 is 19.8 Å². The van der Waals surface area contributed by atoms with Crippen molar-refractivity contribution in [1.82, 2.24) is 9.88 Å².